The normalized spacial score (nSPS) is 9.43. The summed E-state index contributed by atoms with van der Waals surface area (Å²) >= 11 is 11.4. The lowest BCUT2D eigenvalue weighted by Gasteiger charge is -2.03. The minimum Gasteiger partial charge on any atom is -0.354 e. The Balaban J connectivity index is 0.000000231. The molecule has 0 aliphatic carbocycles. The van der Waals surface area contributed by atoms with Crippen molar-refractivity contribution >= 4 is 35.0 Å². The number of aromatic nitrogens is 2. The maximum absolute atomic E-state index is 11.2. The SMILES string of the molecule is CNC(=O)c1cc(Cl)ccn1.CNC(=O)c1nccc(Cl)c1C. The predicted octanol–water partition coefficient (Wildman–Crippen LogP) is 2.50. The Labute approximate surface area is 144 Å². The lowest BCUT2D eigenvalue weighted by molar-refractivity contribution is 0.0950. The van der Waals surface area contributed by atoms with Crippen molar-refractivity contribution in [3.8, 4) is 0 Å². The van der Waals surface area contributed by atoms with E-state index in [1.807, 2.05) is 0 Å². The van der Waals surface area contributed by atoms with Crippen LogP contribution in [0.4, 0.5) is 0 Å². The van der Waals surface area contributed by atoms with E-state index in [1.54, 1.807) is 33.2 Å². The number of pyridine rings is 2. The van der Waals surface area contributed by atoms with Crippen LogP contribution in [-0.4, -0.2) is 35.9 Å². The van der Waals surface area contributed by atoms with E-state index >= 15 is 0 Å². The first kappa shape index (κ1) is 18.9. The summed E-state index contributed by atoms with van der Waals surface area (Å²) in [4.78, 5) is 29.8. The summed E-state index contributed by atoms with van der Waals surface area (Å²) in [5.41, 5.74) is 1.42. The third-order valence-electron chi connectivity index (χ3n) is 2.76. The highest BCUT2D eigenvalue weighted by Crippen LogP contribution is 2.15. The lowest BCUT2D eigenvalue weighted by atomic mass is 10.2. The molecule has 2 N–H and O–H groups in total. The molecule has 0 radical (unpaired) electrons. The van der Waals surface area contributed by atoms with Crippen LogP contribution in [0.1, 0.15) is 26.5 Å². The van der Waals surface area contributed by atoms with Gasteiger partial charge in [-0.2, -0.15) is 0 Å². The molecule has 122 valence electrons. The Morgan fingerprint density at radius 3 is 2.17 bits per heavy atom. The van der Waals surface area contributed by atoms with E-state index < -0.39 is 0 Å². The van der Waals surface area contributed by atoms with Gasteiger partial charge in [-0.3, -0.25) is 19.6 Å². The highest BCUT2D eigenvalue weighted by atomic mass is 35.5. The lowest BCUT2D eigenvalue weighted by Crippen LogP contribution is -2.20. The van der Waals surface area contributed by atoms with Crippen LogP contribution in [0, 0.1) is 6.92 Å². The van der Waals surface area contributed by atoms with Crippen LogP contribution in [0.3, 0.4) is 0 Å². The van der Waals surface area contributed by atoms with Gasteiger partial charge in [-0.1, -0.05) is 23.2 Å². The zero-order chi connectivity index (χ0) is 17.4. The summed E-state index contributed by atoms with van der Waals surface area (Å²) in [5.74, 6) is -0.442. The Morgan fingerprint density at radius 1 is 1.00 bits per heavy atom. The van der Waals surface area contributed by atoms with Gasteiger partial charge >= 0.3 is 0 Å². The summed E-state index contributed by atoms with van der Waals surface area (Å²) in [7, 11) is 3.11. The highest BCUT2D eigenvalue weighted by molar-refractivity contribution is 6.31. The third kappa shape index (κ3) is 5.50. The number of carbonyl (C=O) groups is 2. The molecule has 0 spiro atoms. The first-order chi connectivity index (χ1) is 10.9. The highest BCUT2D eigenvalue weighted by Gasteiger charge is 2.09. The van der Waals surface area contributed by atoms with Gasteiger partial charge < -0.3 is 10.6 Å². The molecule has 0 aliphatic rings. The number of hydrogen-bond donors (Lipinski definition) is 2. The van der Waals surface area contributed by atoms with Gasteiger partial charge in [-0.15, -0.1) is 0 Å². The molecule has 0 saturated heterocycles. The van der Waals surface area contributed by atoms with Crippen LogP contribution in [0.15, 0.2) is 30.6 Å². The number of hydrogen-bond acceptors (Lipinski definition) is 4. The maximum atomic E-state index is 11.2. The Hall–Kier alpha value is -2.18. The number of nitrogens with one attached hydrogen (secondary N) is 2. The molecule has 6 nitrogen and oxygen atoms in total. The van der Waals surface area contributed by atoms with E-state index in [4.69, 9.17) is 23.2 Å². The van der Waals surface area contributed by atoms with Gasteiger partial charge in [-0.05, 0) is 30.7 Å². The average molecular weight is 355 g/mol. The minimum atomic E-state index is -0.229. The molecule has 0 bridgehead atoms. The van der Waals surface area contributed by atoms with Crippen LogP contribution in [0.25, 0.3) is 0 Å². The number of halogens is 2. The van der Waals surface area contributed by atoms with E-state index in [2.05, 4.69) is 20.6 Å². The molecule has 0 fully saturated rings. The molecule has 0 aromatic carbocycles. The van der Waals surface area contributed by atoms with Gasteiger partial charge in [0.05, 0.1) is 0 Å². The zero-order valence-electron chi connectivity index (χ0n) is 12.9. The van der Waals surface area contributed by atoms with Gasteiger partial charge in [0.1, 0.15) is 11.4 Å². The summed E-state index contributed by atoms with van der Waals surface area (Å²) in [6.07, 6.45) is 3.01. The smallest absolute Gasteiger partial charge is 0.269 e. The first-order valence-corrected chi connectivity index (χ1v) is 7.33. The fourth-order valence-corrected chi connectivity index (χ4v) is 1.82. The molecule has 0 saturated carbocycles. The van der Waals surface area contributed by atoms with E-state index in [0.717, 1.165) is 0 Å². The molecular weight excluding hydrogens is 339 g/mol. The molecule has 0 aliphatic heterocycles. The van der Waals surface area contributed by atoms with Gasteiger partial charge in [0, 0.05) is 36.5 Å². The van der Waals surface area contributed by atoms with Crippen molar-refractivity contribution in [2.75, 3.05) is 14.1 Å². The van der Waals surface area contributed by atoms with Crippen molar-refractivity contribution in [2.45, 2.75) is 6.92 Å². The van der Waals surface area contributed by atoms with Crippen molar-refractivity contribution in [1.82, 2.24) is 20.6 Å². The molecule has 0 unspecified atom stereocenters. The number of amides is 2. The van der Waals surface area contributed by atoms with E-state index in [9.17, 15) is 9.59 Å². The van der Waals surface area contributed by atoms with Crippen molar-refractivity contribution < 1.29 is 9.59 Å². The van der Waals surface area contributed by atoms with Crippen molar-refractivity contribution in [3.05, 3.63) is 57.6 Å². The van der Waals surface area contributed by atoms with Crippen LogP contribution in [0.5, 0.6) is 0 Å². The first-order valence-electron chi connectivity index (χ1n) is 6.57. The number of carbonyl (C=O) groups excluding carboxylic acids is 2. The van der Waals surface area contributed by atoms with Crippen molar-refractivity contribution in [1.29, 1.82) is 0 Å². The van der Waals surface area contributed by atoms with Crippen LogP contribution in [-0.2, 0) is 0 Å². The minimum absolute atomic E-state index is 0.213. The fraction of sp³-hybridized carbons (Fsp3) is 0.200. The summed E-state index contributed by atoms with van der Waals surface area (Å²) in [6, 6.07) is 4.79. The fourth-order valence-electron chi connectivity index (χ4n) is 1.52. The van der Waals surface area contributed by atoms with Gasteiger partial charge in [0.15, 0.2) is 0 Å². The second-order valence-electron chi connectivity index (χ2n) is 4.28. The van der Waals surface area contributed by atoms with Gasteiger partial charge in [0.25, 0.3) is 11.8 Å². The molecular formula is C15H16Cl2N4O2. The quantitative estimate of drug-likeness (QED) is 0.867. The molecule has 8 heteroatoms. The molecule has 2 aromatic heterocycles. The molecule has 2 rings (SSSR count). The van der Waals surface area contributed by atoms with Crippen LogP contribution >= 0.6 is 23.2 Å². The van der Waals surface area contributed by atoms with Gasteiger partial charge in [-0.25, -0.2) is 0 Å². The van der Waals surface area contributed by atoms with E-state index in [1.165, 1.54) is 18.5 Å². The Morgan fingerprint density at radius 2 is 1.61 bits per heavy atom. The summed E-state index contributed by atoms with van der Waals surface area (Å²) < 4.78 is 0. The summed E-state index contributed by atoms with van der Waals surface area (Å²) in [5, 5.41) is 6.01. The maximum Gasteiger partial charge on any atom is 0.269 e. The van der Waals surface area contributed by atoms with Gasteiger partial charge in [0.2, 0.25) is 0 Å². The second kappa shape index (κ2) is 9.07. The van der Waals surface area contributed by atoms with Crippen molar-refractivity contribution in [3.63, 3.8) is 0 Å². The molecule has 2 amide bonds. The van der Waals surface area contributed by atoms with Crippen LogP contribution < -0.4 is 10.6 Å². The van der Waals surface area contributed by atoms with E-state index in [0.29, 0.717) is 27.0 Å². The standard InChI is InChI=1S/C8H9ClN2O.C7H7ClN2O/c1-5-6(9)3-4-11-7(5)8(12)10-2;1-9-7(11)6-4-5(8)2-3-10-6/h3-4H,1-2H3,(H,10,12);2-4H,1H3,(H,9,11). The largest absolute Gasteiger partial charge is 0.354 e. The topological polar surface area (TPSA) is 84.0 Å². The Kier molecular flexibility index (Phi) is 7.44. The summed E-state index contributed by atoms with van der Waals surface area (Å²) in [6.45, 7) is 1.76. The predicted molar refractivity (Wildman–Crippen MR) is 90.0 cm³/mol. The molecule has 0 atom stereocenters. The number of nitrogens with zero attached hydrogens (tertiary/aromatic N) is 2. The molecule has 23 heavy (non-hydrogen) atoms. The average Bonchev–Trinajstić information content (AvgIpc) is 2.56. The van der Waals surface area contributed by atoms with Crippen LogP contribution in [0.2, 0.25) is 10.0 Å². The third-order valence-corrected chi connectivity index (χ3v) is 3.41. The molecule has 2 aromatic rings. The monoisotopic (exact) mass is 354 g/mol. The van der Waals surface area contributed by atoms with Crippen molar-refractivity contribution in [2.24, 2.45) is 0 Å². The number of rotatable bonds is 2. The molecule has 2 heterocycles. The van der Waals surface area contributed by atoms with E-state index in [-0.39, 0.29) is 11.8 Å². The Bertz CT molecular complexity index is 708. The zero-order valence-corrected chi connectivity index (χ0v) is 14.4. The second-order valence-corrected chi connectivity index (χ2v) is 5.13.